The zero-order chi connectivity index (χ0) is 12.8. The van der Waals surface area contributed by atoms with Crippen LogP contribution in [0.5, 0.6) is 0 Å². The van der Waals surface area contributed by atoms with Crippen LogP contribution in [-0.2, 0) is 11.2 Å². The first kappa shape index (κ1) is 12.9. The Morgan fingerprint density at radius 2 is 2.50 bits per heavy atom. The van der Waals surface area contributed by atoms with E-state index in [-0.39, 0.29) is 11.1 Å². The third-order valence-electron chi connectivity index (χ3n) is 2.69. The average Bonchev–Trinajstić information content (AvgIpc) is 2.98. The van der Waals surface area contributed by atoms with Gasteiger partial charge in [0.1, 0.15) is 5.82 Å². The van der Waals surface area contributed by atoms with Crippen LogP contribution in [0.2, 0.25) is 0 Å². The molecular formula is C11H16N4O2S. The minimum Gasteiger partial charge on any atom is -0.356 e. The highest BCUT2D eigenvalue weighted by atomic mass is 32.2. The molecule has 7 heteroatoms. The minimum absolute atomic E-state index is 0.0220. The van der Waals surface area contributed by atoms with E-state index < -0.39 is 0 Å². The van der Waals surface area contributed by atoms with Crippen molar-refractivity contribution < 1.29 is 9.59 Å². The van der Waals surface area contributed by atoms with Crippen molar-refractivity contribution in [2.24, 2.45) is 0 Å². The number of thioether (sulfide) groups is 1. The first-order valence-electron chi connectivity index (χ1n) is 5.92. The number of hydrogen-bond acceptors (Lipinski definition) is 4. The molecule has 0 unspecified atom stereocenters. The van der Waals surface area contributed by atoms with Crippen molar-refractivity contribution in [2.45, 2.75) is 12.8 Å². The molecule has 2 N–H and O–H groups in total. The number of amides is 2. The molecule has 1 aromatic rings. The van der Waals surface area contributed by atoms with Gasteiger partial charge in [0.2, 0.25) is 5.91 Å². The maximum absolute atomic E-state index is 11.5. The van der Waals surface area contributed by atoms with Gasteiger partial charge in [-0.2, -0.15) is 0 Å². The van der Waals surface area contributed by atoms with Crippen LogP contribution in [0.15, 0.2) is 12.4 Å². The van der Waals surface area contributed by atoms with Crippen LogP contribution in [0.4, 0.5) is 4.79 Å². The molecule has 0 saturated carbocycles. The Morgan fingerprint density at radius 3 is 3.17 bits per heavy atom. The van der Waals surface area contributed by atoms with E-state index in [0.717, 1.165) is 18.1 Å². The lowest BCUT2D eigenvalue weighted by molar-refractivity contribution is -0.121. The number of aromatic nitrogens is 2. The first-order chi connectivity index (χ1) is 8.75. The largest absolute Gasteiger partial charge is 0.356 e. The van der Waals surface area contributed by atoms with Crippen molar-refractivity contribution in [3.63, 3.8) is 0 Å². The molecule has 2 amide bonds. The van der Waals surface area contributed by atoms with Crippen LogP contribution in [0, 0.1) is 0 Å². The Morgan fingerprint density at radius 1 is 1.61 bits per heavy atom. The molecule has 0 aromatic carbocycles. The lowest BCUT2D eigenvalue weighted by Crippen LogP contribution is -2.32. The van der Waals surface area contributed by atoms with Crippen LogP contribution in [0.25, 0.3) is 0 Å². The number of hydrogen-bond donors (Lipinski definition) is 2. The number of carbonyl (C=O) groups excluding carboxylic acids is 2. The average molecular weight is 268 g/mol. The molecule has 2 heterocycles. The van der Waals surface area contributed by atoms with Gasteiger partial charge < -0.3 is 15.2 Å². The van der Waals surface area contributed by atoms with Crippen molar-refractivity contribution >= 4 is 22.9 Å². The summed E-state index contributed by atoms with van der Waals surface area (Å²) in [5, 5.41) is 2.90. The van der Waals surface area contributed by atoms with Crippen molar-refractivity contribution in [3.05, 3.63) is 18.2 Å². The fraction of sp³-hybridized carbons (Fsp3) is 0.545. The molecule has 0 aliphatic carbocycles. The molecule has 1 fully saturated rings. The number of nitrogens with one attached hydrogen (secondary N) is 2. The standard InChI is InChI=1S/C11H16N4O2S/c16-10(2-6-15-7-8-18-11(15)17)14-3-1-9-12-4-5-13-9/h4-5H,1-3,6-8H2,(H,12,13)(H,14,16). The second kappa shape index (κ2) is 6.44. The van der Waals surface area contributed by atoms with E-state index >= 15 is 0 Å². The normalized spacial score (nSPS) is 15.1. The fourth-order valence-electron chi connectivity index (χ4n) is 1.71. The number of imidazole rings is 1. The molecule has 1 aromatic heterocycles. The van der Waals surface area contributed by atoms with Crippen molar-refractivity contribution in [3.8, 4) is 0 Å². The Hall–Kier alpha value is -1.50. The maximum Gasteiger partial charge on any atom is 0.281 e. The topological polar surface area (TPSA) is 78.1 Å². The Bertz CT molecular complexity index is 407. The summed E-state index contributed by atoms with van der Waals surface area (Å²) in [5.74, 6) is 1.67. The van der Waals surface area contributed by atoms with Gasteiger partial charge in [-0.3, -0.25) is 9.59 Å². The van der Waals surface area contributed by atoms with E-state index in [2.05, 4.69) is 15.3 Å². The Balaban J connectivity index is 1.59. The van der Waals surface area contributed by atoms with Crippen molar-refractivity contribution in [2.75, 3.05) is 25.4 Å². The van der Waals surface area contributed by atoms with E-state index in [9.17, 15) is 9.59 Å². The molecule has 6 nitrogen and oxygen atoms in total. The predicted octanol–water partition coefficient (Wildman–Crippen LogP) is 0.627. The molecule has 0 atom stereocenters. The van der Waals surface area contributed by atoms with Crippen LogP contribution in [0.3, 0.4) is 0 Å². The summed E-state index contributed by atoms with van der Waals surface area (Å²) in [6, 6.07) is 0. The van der Waals surface area contributed by atoms with Crippen LogP contribution >= 0.6 is 11.8 Å². The quantitative estimate of drug-likeness (QED) is 0.793. The summed E-state index contributed by atoms with van der Waals surface area (Å²) in [6.45, 7) is 1.83. The van der Waals surface area contributed by atoms with Gasteiger partial charge in [0.15, 0.2) is 0 Å². The molecule has 1 saturated heterocycles. The molecule has 0 bridgehead atoms. The van der Waals surface area contributed by atoms with Gasteiger partial charge in [-0.25, -0.2) is 4.98 Å². The summed E-state index contributed by atoms with van der Waals surface area (Å²) in [7, 11) is 0. The monoisotopic (exact) mass is 268 g/mol. The Labute approximate surface area is 110 Å². The minimum atomic E-state index is -0.0220. The molecule has 2 rings (SSSR count). The highest BCUT2D eigenvalue weighted by Gasteiger charge is 2.21. The highest BCUT2D eigenvalue weighted by Crippen LogP contribution is 2.16. The second-order valence-corrected chi connectivity index (χ2v) is 5.03. The van der Waals surface area contributed by atoms with Gasteiger partial charge >= 0.3 is 0 Å². The molecule has 18 heavy (non-hydrogen) atoms. The lowest BCUT2D eigenvalue weighted by atomic mass is 10.3. The summed E-state index contributed by atoms with van der Waals surface area (Å²) < 4.78 is 0. The molecule has 0 radical (unpaired) electrons. The predicted molar refractivity (Wildman–Crippen MR) is 69.3 cm³/mol. The summed E-state index contributed by atoms with van der Waals surface area (Å²) in [6.07, 6.45) is 4.50. The van der Waals surface area contributed by atoms with E-state index in [1.54, 1.807) is 17.3 Å². The third-order valence-corrected chi connectivity index (χ3v) is 3.58. The van der Waals surface area contributed by atoms with Gasteiger partial charge in [-0.05, 0) is 0 Å². The number of H-pyrrole nitrogens is 1. The van der Waals surface area contributed by atoms with Crippen molar-refractivity contribution in [1.29, 1.82) is 0 Å². The van der Waals surface area contributed by atoms with Gasteiger partial charge in [0.05, 0.1) is 0 Å². The smallest absolute Gasteiger partial charge is 0.281 e. The van der Waals surface area contributed by atoms with E-state index in [0.29, 0.717) is 25.9 Å². The molecular weight excluding hydrogens is 252 g/mol. The zero-order valence-corrected chi connectivity index (χ0v) is 10.8. The lowest BCUT2D eigenvalue weighted by Gasteiger charge is -2.13. The summed E-state index contributed by atoms with van der Waals surface area (Å²) >= 11 is 1.32. The maximum atomic E-state index is 11.5. The van der Waals surface area contributed by atoms with Gasteiger partial charge in [0.25, 0.3) is 5.24 Å². The Kier molecular flexibility index (Phi) is 4.63. The van der Waals surface area contributed by atoms with Gasteiger partial charge in [0, 0.05) is 50.6 Å². The SMILES string of the molecule is O=C(CCN1CCSC1=O)NCCc1ncc[nH]1. The van der Waals surface area contributed by atoms with Crippen LogP contribution < -0.4 is 5.32 Å². The number of carbonyl (C=O) groups is 2. The van der Waals surface area contributed by atoms with Gasteiger partial charge in [-0.1, -0.05) is 11.8 Å². The van der Waals surface area contributed by atoms with E-state index in [1.807, 2.05) is 0 Å². The number of rotatable bonds is 6. The summed E-state index contributed by atoms with van der Waals surface area (Å²) in [4.78, 5) is 31.6. The van der Waals surface area contributed by atoms with E-state index in [1.165, 1.54) is 11.8 Å². The molecule has 1 aliphatic rings. The third kappa shape index (κ3) is 3.76. The van der Waals surface area contributed by atoms with Gasteiger partial charge in [-0.15, -0.1) is 0 Å². The van der Waals surface area contributed by atoms with Crippen LogP contribution in [0.1, 0.15) is 12.2 Å². The molecule has 1 aliphatic heterocycles. The number of nitrogens with zero attached hydrogens (tertiary/aromatic N) is 2. The first-order valence-corrected chi connectivity index (χ1v) is 6.91. The number of aromatic amines is 1. The van der Waals surface area contributed by atoms with E-state index in [4.69, 9.17) is 0 Å². The highest BCUT2D eigenvalue weighted by molar-refractivity contribution is 8.13. The molecule has 98 valence electrons. The zero-order valence-electron chi connectivity index (χ0n) is 10.0. The molecule has 0 spiro atoms. The summed E-state index contributed by atoms with van der Waals surface area (Å²) in [5.41, 5.74) is 0. The van der Waals surface area contributed by atoms with Crippen molar-refractivity contribution in [1.82, 2.24) is 20.2 Å². The second-order valence-electron chi connectivity index (χ2n) is 3.99. The fourth-order valence-corrected chi connectivity index (χ4v) is 2.56. The van der Waals surface area contributed by atoms with Crippen LogP contribution in [-0.4, -0.2) is 51.4 Å².